The molecule has 0 aromatic heterocycles. The minimum absolute atomic E-state index is 0.105. The molecule has 0 bridgehead atoms. The van der Waals surface area contributed by atoms with E-state index < -0.39 is 10.0 Å². The molecule has 1 fully saturated rings. The molecule has 0 aliphatic carbocycles. The van der Waals surface area contributed by atoms with Crippen molar-refractivity contribution in [2.24, 2.45) is 0 Å². The highest BCUT2D eigenvalue weighted by Crippen LogP contribution is 2.22. The van der Waals surface area contributed by atoms with Gasteiger partial charge >= 0.3 is 0 Å². The molecule has 0 spiro atoms. The standard InChI is InChI=1S/C19H20FNO3S/c20-17-9-7-15(8-10-17)13-19(22)16-5-4-6-18(14-16)25(23,24)21-11-2-1-3-12-21/h4-10,14H,1-3,11-13H2. The van der Waals surface area contributed by atoms with Crippen LogP contribution in [0.1, 0.15) is 35.2 Å². The van der Waals surface area contributed by atoms with Crippen LogP contribution >= 0.6 is 0 Å². The zero-order valence-electron chi connectivity index (χ0n) is 13.8. The third-order valence-corrected chi connectivity index (χ3v) is 6.28. The second-order valence-electron chi connectivity index (χ2n) is 6.22. The van der Waals surface area contributed by atoms with E-state index in [2.05, 4.69) is 0 Å². The highest BCUT2D eigenvalue weighted by atomic mass is 32.2. The second-order valence-corrected chi connectivity index (χ2v) is 8.16. The molecule has 1 heterocycles. The number of Topliss-reactive ketones (excluding diaryl/α,β-unsaturated/α-hetero) is 1. The summed E-state index contributed by atoms with van der Waals surface area (Å²) in [5.41, 5.74) is 1.04. The first-order valence-corrected chi connectivity index (χ1v) is 9.79. The van der Waals surface area contributed by atoms with Crippen LogP contribution in [0.5, 0.6) is 0 Å². The Labute approximate surface area is 147 Å². The van der Waals surface area contributed by atoms with Gasteiger partial charge in [0.1, 0.15) is 5.82 Å². The van der Waals surface area contributed by atoms with Crippen LogP contribution in [0.2, 0.25) is 0 Å². The molecule has 132 valence electrons. The van der Waals surface area contributed by atoms with Gasteiger partial charge in [0, 0.05) is 25.1 Å². The van der Waals surface area contributed by atoms with Crippen molar-refractivity contribution in [3.63, 3.8) is 0 Å². The number of benzene rings is 2. The molecule has 0 saturated carbocycles. The molecule has 1 saturated heterocycles. The summed E-state index contributed by atoms with van der Waals surface area (Å²) in [6.45, 7) is 1.05. The summed E-state index contributed by atoms with van der Waals surface area (Å²) in [6.07, 6.45) is 2.88. The first kappa shape index (κ1) is 17.8. The molecule has 1 aliphatic heterocycles. The van der Waals surface area contributed by atoms with Gasteiger partial charge in [0.25, 0.3) is 0 Å². The molecule has 0 radical (unpaired) electrons. The summed E-state index contributed by atoms with van der Waals surface area (Å²) < 4.78 is 39.9. The zero-order chi connectivity index (χ0) is 17.9. The van der Waals surface area contributed by atoms with E-state index in [1.807, 2.05) is 0 Å². The number of nitrogens with zero attached hydrogens (tertiary/aromatic N) is 1. The number of hydrogen-bond donors (Lipinski definition) is 0. The average Bonchev–Trinajstić information content (AvgIpc) is 2.64. The number of hydrogen-bond acceptors (Lipinski definition) is 3. The van der Waals surface area contributed by atoms with E-state index in [4.69, 9.17) is 0 Å². The van der Waals surface area contributed by atoms with Crippen LogP contribution in [0, 0.1) is 5.82 Å². The zero-order valence-corrected chi connectivity index (χ0v) is 14.6. The quantitative estimate of drug-likeness (QED) is 0.767. The molecule has 3 rings (SSSR count). The van der Waals surface area contributed by atoms with Crippen LogP contribution in [0.4, 0.5) is 4.39 Å². The highest BCUT2D eigenvalue weighted by Gasteiger charge is 2.26. The number of sulfonamides is 1. The maximum absolute atomic E-state index is 13.0. The van der Waals surface area contributed by atoms with Crippen LogP contribution in [0.3, 0.4) is 0 Å². The number of ketones is 1. The van der Waals surface area contributed by atoms with E-state index in [0.717, 1.165) is 19.3 Å². The fourth-order valence-corrected chi connectivity index (χ4v) is 4.54. The highest BCUT2D eigenvalue weighted by molar-refractivity contribution is 7.89. The molecule has 4 nitrogen and oxygen atoms in total. The van der Waals surface area contributed by atoms with E-state index in [-0.39, 0.29) is 22.9 Å². The van der Waals surface area contributed by atoms with Gasteiger partial charge in [-0.25, -0.2) is 12.8 Å². The summed E-state index contributed by atoms with van der Waals surface area (Å²) in [4.78, 5) is 12.6. The van der Waals surface area contributed by atoms with Crippen LogP contribution < -0.4 is 0 Å². The monoisotopic (exact) mass is 361 g/mol. The SMILES string of the molecule is O=C(Cc1ccc(F)cc1)c1cccc(S(=O)(=O)N2CCCCC2)c1. The number of halogens is 1. The molecule has 25 heavy (non-hydrogen) atoms. The first-order valence-electron chi connectivity index (χ1n) is 8.35. The first-order chi connectivity index (χ1) is 12.0. The molecule has 1 aliphatic rings. The van der Waals surface area contributed by atoms with Gasteiger partial charge in [-0.1, -0.05) is 30.7 Å². The van der Waals surface area contributed by atoms with Crippen LogP contribution in [0.15, 0.2) is 53.4 Å². The number of piperidine rings is 1. The fourth-order valence-electron chi connectivity index (χ4n) is 2.97. The Balaban J connectivity index is 1.80. The summed E-state index contributed by atoms with van der Waals surface area (Å²) in [6, 6.07) is 11.9. The Morgan fingerprint density at radius 3 is 2.36 bits per heavy atom. The van der Waals surface area contributed by atoms with Crippen molar-refractivity contribution < 1.29 is 17.6 Å². The van der Waals surface area contributed by atoms with Gasteiger partial charge in [-0.2, -0.15) is 4.31 Å². The molecule has 2 aromatic carbocycles. The number of rotatable bonds is 5. The van der Waals surface area contributed by atoms with Gasteiger partial charge < -0.3 is 0 Å². The lowest BCUT2D eigenvalue weighted by molar-refractivity contribution is 0.0992. The Kier molecular flexibility index (Phi) is 5.30. The van der Waals surface area contributed by atoms with Gasteiger partial charge in [-0.15, -0.1) is 0 Å². The van der Waals surface area contributed by atoms with Gasteiger partial charge in [0.15, 0.2) is 5.78 Å². The lowest BCUT2D eigenvalue weighted by Gasteiger charge is -2.26. The summed E-state index contributed by atoms with van der Waals surface area (Å²) in [5, 5.41) is 0. The number of carbonyl (C=O) groups is 1. The Hall–Kier alpha value is -2.05. The lowest BCUT2D eigenvalue weighted by Crippen LogP contribution is -2.35. The minimum atomic E-state index is -3.57. The maximum Gasteiger partial charge on any atom is 0.243 e. The third kappa shape index (κ3) is 4.14. The molecule has 0 amide bonds. The van der Waals surface area contributed by atoms with Crippen molar-refractivity contribution >= 4 is 15.8 Å². The predicted molar refractivity (Wildman–Crippen MR) is 93.5 cm³/mol. The molecule has 0 N–H and O–H groups in total. The van der Waals surface area contributed by atoms with Crippen LogP contribution in [-0.2, 0) is 16.4 Å². The van der Waals surface area contributed by atoms with E-state index in [1.165, 1.54) is 28.6 Å². The fraction of sp³-hybridized carbons (Fsp3) is 0.316. The van der Waals surface area contributed by atoms with Gasteiger partial charge in [0.05, 0.1) is 4.90 Å². The minimum Gasteiger partial charge on any atom is -0.294 e. The van der Waals surface area contributed by atoms with Gasteiger partial charge in [-0.3, -0.25) is 4.79 Å². The molecule has 0 atom stereocenters. The van der Waals surface area contributed by atoms with Crippen molar-refractivity contribution in [1.29, 1.82) is 0 Å². The van der Waals surface area contributed by atoms with Gasteiger partial charge in [-0.05, 0) is 42.7 Å². The normalized spacial score (nSPS) is 15.9. The Morgan fingerprint density at radius 1 is 1.00 bits per heavy atom. The largest absolute Gasteiger partial charge is 0.294 e. The molecule has 2 aromatic rings. The molecule has 6 heteroatoms. The average molecular weight is 361 g/mol. The Bertz CT molecular complexity index is 856. The van der Waals surface area contributed by atoms with Gasteiger partial charge in [0.2, 0.25) is 10.0 Å². The summed E-state index contributed by atoms with van der Waals surface area (Å²) in [7, 11) is -3.57. The lowest BCUT2D eigenvalue weighted by atomic mass is 10.0. The summed E-state index contributed by atoms with van der Waals surface area (Å²) >= 11 is 0. The Morgan fingerprint density at radius 2 is 1.68 bits per heavy atom. The van der Waals surface area contributed by atoms with E-state index in [0.29, 0.717) is 24.2 Å². The van der Waals surface area contributed by atoms with Crippen molar-refractivity contribution in [1.82, 2.24) is 4.31 Å². The topological polar surface area (TPSA) is 54.5 Å². The van der Waals surface area contributed by atoms with E-state index >= 15 is 0 Å². The van der Waals surface area contributed by atoms with E-state index in [1.54, 1.807) is 24.3 Å². The molecular formula is C19H20FNO3S. The predicted octanol–water partition coefficient (Wildman–Crippen LogP) is 3.43. The van der Waals surface area contributed by atoms with Crippen molar-refractivity contribution in [2.75, 3.05) is 13.1 Å². The van der Waals surface area contributed by atoms with Crippen LogP contribution in [0.25, 0.3) is 0 Å². The van der Waals surface area contributed by atoms with Crippen molar-refractivity contribution in [3.05, 3.63) is 65.5 Å². The second kappa shape index (κ2) is 7.45. The smallest absolute Gasteiger partial charge is 0.243 e. The van der Waals surface area contributed by atoms with Crippen molar-refractivity contribution in [3.8, 4) is 0 Å². The van der Waals surface area contributed by atoms with E-state index in [9.17, 15) is 17.6 Å². The maximum atomic E-state index is 13.0. The third-order valence-electron chi connectivity index (χ3n) is 4.39. The summed E-state index contributed by atoms with van der Waals surface area (Å²) in [5.74, 6) is -0.548. The van der Waals surface area contributed by atoms with Crippen LogP contribution in [-0.4, -0.2) is 31.6 Å². The molecule has 0 unspecified atom stereocenters. The number of carbonyl (C=O) groups excluding carboxylic acids is 1. The molecular weight excluding hydrogens is 341 g/mol. The van der Waals surface area contributed by atoms with Crippen molar-refractivity contribution in [2.45, 2.75) is 30.6 Å².